The Kier molecular flexibility index (Phi) is 3.49. The van der Waals surface area contributed by atoms with Crippen molar-refractivity contribution in [2.75, 3.05) is 13.1 Å². The number of likely N-dealkylation sites (tertiary alicyclic amines) is 1. The van der Waals surface area contributed by atoms with Crippen LogP contribution in [0.5, 0.6) is 0 Å². The van der Waals surface area contributed by atoms with E-state index < -0.39 is 0 Å². The van der Waals surface area contributed by atoms with Gasteiger partial charge in [-0.1, -0.05) is 12.1 Å². The van der Waals surface area contributed by atoms with Crippen molar-refractivity contribution in [1.82, 2.24) is 14.7 Å². The number of aromatic nitrogens is 2. The van der Waals surface area contributed by atoms with E-state index in [1.807, 2.05) is 36.4 Å². The number of carbonyl (C=O) groups is 1. The number of benzene rings is 1. The van der Waals surface area contributed by atoms with Crippen molar-refractivity contribution in [1.29, 1.82) is 0 Å². The molecule has 0 bridgehead atoms. The number of nitrogens with zero attached hydrogens (tertiary/aromatic N) is 3. The molecule has 1 aliphatic rings. The normalized spacial score (nSPS) is 15.0. The first-order valence-electron chi connectivity index (χ1n) is 8.68. The van der Waals surface area contributed by atoms with Gasteiger partial charge in [0.15, 0.2) is 5.76 Å². The zero-order chi connectivity index (χ0) is 17.9. The standard InChI is InChI=1S/C20H23N3O2/c1-11-6-7-17-15(5)19(25-18(17)14(11)4)20(24)22-9-16(10-22)23-13(3)8-12(2)21-23/h6-8,16H,9-10H2,1-5H3. The second-order valence-electron chi connectivity index (χ2n) is 7.18. The van der Waals surface area contributed by atoms with Gasteiger partial charge in [-0.2, -0.15) is 5.10 Å². The fraction of sp³-hybridized carbons (Fsp3) is 0.400. The third-order valence-corrected chi connectivity index (χ3v) is 5.36. The summed E-state index contributed by atoms with van der Waals surface area (Å²) < 4.78 is 8.01. The lowest BCUT2D eigenvalue weighted by Gasteiger charge is -2.39. The maximum Gasteiger partial charge on any atom is 0.290 e. The van der Waals surface area contributed by atoms with Crippen molar-refractivity contribution in [3.63, 3.8) is 0 Å². The predicted octanol–water partition coefficient (Wildman–Crippen LogP) is 3.87. The molecule has 1 aromatic carbocycles. The number of carbonyl (C=O) groups excluding carboxylic acids is 1. The van der Waals surface area contributed by atoms with Crippen LogP contribution >= 0.6 is 0 Å². The number of hydrogen-bond acceptors (Lipinski definition) is 3. The van der Waals surface area contributed by atoms with Crippen LogP contribution in [0.15, 0.2) is 22.6 Å². The fourth-order valence-electron chi connectivity index (χ4n) is 3.66. The molecule has 0 radical (unpaired) electrons. The predicted molar refractivity (Wildman–Crippen MR) is 97.1 cm³/mol. The van der Waals surface area contributed by atoms with Gasteiger partial charge in [0.25, 0.3) is 5.91 Å². The monoisotopic (exact) mass is 337 g/mol. The van der Waals surface area contributed by atoms with E-state index in [0.717, 1.165) is 33.5 Å². The number of hydrogen-bond donors (Lipinski definition) is 0. The molecule has 25 heavy (non-hydrogen) atoms. The molecule has 0 N–H and O–H groups in total. The number of fused-ring (bicyclic) bond motifs is 1. The first-order chi connectivity index (χ1) is 11.9. The highest BCUT2D eigenvalue weighted by Gasteiger charge is 2.36. The van der Waals surface area contributed by atoms with Crippen LogP contribution in [0.25, 0.3) is 11.0 Å². The summed E-state index contributed by atoms with van der Waals surface area (Å²) in [6.07, 6.45) is 0. The summed E-state index contributed by atoms with van der Waals surface area (Å²) in [6, 6.07) is 6.45. The maximum atomic E-state index is 12.9. The second-order valence-corrected chi connectivity index (χ2v) is 7.18. The van der Waals surface area contributed by atoms with E-state index in [1.54, 1.807) is 0 Å². The summed E-state index contributed by atoms with van der Waals surface area (Å²) in [5.74, 6) is 0.444. The highest BCUT2D eigenvalue weighted by atomic mass is 16.3. The molecule has 0 unspecified atom stereocenters. The zero-order valence-electron chi connectivity index (χ0n) is 15.4. The molecular formula is C20H23N3O2. The molecule has 0 atom stereocenters. The van der Waals surface area contributed by atoms with E-state index in [2.05, 4.69) is 31.1 Å². The minimum atomic E-state index is -0.0245. The van der Waals surface area contributed by atoms with E-state index in [0.29, 0.717) is 18.8 Å². The number of aryl methyl sites for hydroxylation is 5. The molecule has 3 heterocycles. The molecule has 1 aliphatic heterocycles. The van der Waals surface area contributed by atoms with Crippen LogP contribution in [-0.4, -0.2) is 33.7 Å². The summed E-state index contributed by atoms with van der Waals surface area (Å²) >= 11 is 0. The Morgan fingerprint density at radius 2 is 1.84 bits per heavy atom. The molecule has 5 nitrogen and oxygen atoms in total. The summed E-state index contributed by atoms with van der Waals surface area (Å²) in [5.41, 5.74) is 6.19. The molecule has 2 aromatic heterocycles. The average Bonchev–Trinajstić information content (AvgIpc) is 3.02. The minimum absolute atomic E-state index is 0.0245. The van der Waals surface area contributed by atoms with Crippen molar-refractivity contribution >= 4 is 16.9 Å². The Labute approximate surface area is 147 Å². The van der Waals surface area contributed by atoms with Crippen LogP contribution in [0.2, 0.25) is 0 Å². The summed E-state index contributed by atoms with van der Waals surface area (Å²) in [6.45, 7) is 11.5. The molecule has 130 valence electrons. The number of furan rings is 1. The third-order valence-electron chi connectivity index (χ3n) is 5.36. The van der Waals surface area contributed by atoms with Crippen molar-refractivity contribution in [3.8, 4) is 0 Å². The smallest absolute Gasteiger partial charge is 0.290 e. The van der Waals surface area contributed by atoms with E-state index in [4.69, 9.17) is 4.42 Å². The summed E-state index contributed by atoms with van der Waals surface area (Å²) in [4.78, 5) is 14.7. The molecular weight excluding hydrogens is 314 g/mol. The van der Waals surface area contributed by atoms with Gasteiger partial charge in [-0.25, -0.2) is 0 Å². The molecule has 0 aliphatic carbocycles. The van der Waals surface area contributed by atoms with Gasteiger partial charge < -0.3 is 9.32 Å². The van der Waals surface area contributed by atoms with Gasteiger partial charge in [-0.15, -0.1) is 0 Å². The van der Waals surface area contributed by atoms with E-state index in [1.165, 1.54) is 5.56 Å². The van der Waals surface area contributed by atoms with Gasteiger partial charge in [-0.3, -0.25) is 9.48 Å². The van der Waals surface area contributed by atoms with Crippen LogP contribution in [0.4, 0.5) is 0 Å². The Hall–Kier alpha value is -2.56. The SMILES string of the molecule is Cc1cc(C)n(C2CN(C(=O)c3oc4c(C)c(C)ccc4c3C)C2)n1. The van der Waals surface area contributed by atoms with Gasteiger partial charge in [0, 0.05) is 29.7 Å². The lowest BCUT2D eigenvalue weighted by Crippen LogP contribution is -2.51. The molecule has 5 heteroatoms. The first kappa shape index (κ1) is 15.9. The molecule has 1 fully saturated rings. The summed E-state index contributed by atoms with van der Waals surface area (Å²) in [7, 11) is 0. The van der Waals surface area contributed by atoms with Crippen molar-refractivity contribution in [2.24, 2.45) is 0 Å². The average molecular weight is 337 g/mol. The minimum Gasteiger partial charge on any atom is -0.450 e. The molecule has 3 aromatic rings. The highest BCUT2D eigenvalue weighted by Crippen LogP contribution is 2.32. The van der Waals surface area contributed by atoms with E-state index in [-0.39, 0.29) is 11.9 Å². The van der Waals surface area contributed by atoms with Gasteiger partial charge >= 0.3 is 0 Å². The maximum absolute atomic E-state index is 12.9. The largest absolute Gasteiger partial charge is 0.450 e. The van der Waals surface area contributed by atoms with Crippen LogP contribution in [0.3, 0.4) is 0 Å². The number of amides is 1. The van der Waals surface area contributed by atoms with Crippen molar-refractivity contribution < 1.29 is 9.21 Å². The fourth-order valence-corrected chi connectivity index (χ4v) is 3.66. The Morgan fingerprint density at radius 1 is 1.12 bits per heavy atom. The third kappa shape index (κ3) is 2.37. The molecule has 0 saturated carbocycles. The van der Waals surface area contributed by atoms with Gasteiger partial charge in [-0.05, 0) is 51.8 Å². The van der Waals surface area contributed by atoms with E-state index in [9.17, 15) is 4.79 Å². The number of rotatable bonds is 2. The second kappa shape index (κ2) is 5.48. The molecule has 1 saturated heterocycles. The lowest BCUT2D eigenvalue weighted by atomic mass is 10.0. The first-order valence-corrected chi connectivity index (χ1v) is 8.68. The Bertz CT molecular complexity index is 990. The van der Waals surface area contributed by atoms with Crippen LogP contribution in [0.1, 0.15) is 44.7 Å². The zero-order valence-corrected chi connectivity index (χ0v) is 15.4. The topological polar surface area (TPSA) is 51.3 Å². The van der Waals surface area contributed by atoms with Crippen molar-refractivity contribution in [3.05, 3.63) is 52.0 Å². The van der Waals surface area contributed by atoms with Crippen LogP contribution in [-0.2, 0) is 0 Å². The molecule has 1 amide bonds. The Balaban J connectivity index is 1.59. The van der Waals surface area contributed by atoms with Crippen molar-refractivity contribution in [2.45, 2.75) is 40.7 Å². The quantitative estimate of drug-likeness (QED) is 0.713. The summed E-state index contributed by atoms with van der Waals surface area (Å²) in [5, 5.41) is 5.56. The molecule has 4 rings (SSSR count). The van der Waals surface area contributed by atoms with Gasteiger partial charge in [0.2, 0.25) is 0 Å². The van der Waals surface area contributed by atoms with Gasteiger partial charge in [0.05, 0.1) is 11.7 Å². The lowest BCUT2D eigenvalue weighted by molar-refractivity contribution is 0.0467. The molecule has 0 spiro atoms. The van der Waals surface area contributed by atoms with E-state index >= 15 is 0 Å². The van der Waals surface area contributed by atoms with Gasteiger partial charge in [0.1, 0.15) is 5.58 Å². The van der Waals surface area contributed by atoms with Crippen LogP contribution < -0.4 is 0 Å². The Morgan fingerprint density at radius 3 is 2.48 bits per heavy atom. The highest BCUT2D eigenvalue weighted by molar-refractivity contribution is 6.00. The van der Waals surface area contributed by atoms with Crippen LogP contribution in [0, 0.1) is 34.6 Å².